The molecule has 4 heteroatoms. The molecule has 0 atom stereocenters. The highest BCUT2D eigenvalue weighted by Crippen LogP contribution is 2.28. The summed E-state index contributed by atoms with van der Waals surface area (Å²) in [6.45, 7) is 0. The van der Waals surface area contributed by atoms with Gasteiger partial charge in [0.15, 0.2) is 24.3 Å². The van der Waals surface area contributed by atoms with Gasteiger partial charge in [-0.25, -0.2) is 9.97 Å². The van der Waals surface area contributed by atoms with E-state index in [1.54, 1.807) is 12.4 Å². The second-order valence-corrected chi connectivity index (χ2v) is 6.46. The normalized spacial score (nSPS) is 10.9. The van der Waals surface area contributed by atoms with E-state index in [1.807, 2.05) is 24.3 Å². The molecule has 0 unspecified atom stereocenters. The van der Waals surface area contributed by atoms with Crippen molar-refractivity contribution in [2.45, 2.75) is 0 Å². The van der Waals surface area contributed by atoms with Crippen LogP contribution in [0.2, 0.25) is 0 Å². The third-order valence-corrected chi connectivity index (χ3v) is 4.76. The van der Waals surface area contributed by atoms with E-state index < -0.39 is 0 Å². The van der Waals surface area contributed by atoms with Gasteiger partial charge in [-0.05, 0) is 22.3 Å². The molecule has 3 aromatic carbocycles. The molecule has 0 aliphatic heterocycles. The molecule has 5 aromatic rings. The Balaban J connectivity index is 1.37. The first-order chi connectivity index (χ1) is 13.9. The zero-order chi connectivity index (χ0) is 18.8. The minimum Gasteiger partial charge on any atom is -0.444 e. The van der Waals surface area contributed by atoms with Gasteiger partial charge in [-0.2, -0.15) is 0 Å². The Bertz CT molecular complexity index is 1060. The molecule has 0 aliphatic rings. The van der Waals surface area contributed by atoms with Crippen molar-refractivity contribution in [1.82, 2.24) is 9.97 Å². The van der Waals surface area contributed by atoms with E-state index in [4.69, 9.17) is 8.83 Å². The minimum atomic E-state index is 0.774. The fourth-order valence-electron chi connectivity index (χ4n) is 3.23. The Morgan fingerprint density at radius 3 is 0.929 bits per heavy atom. The second-order valence-electron chi connectivity index (χ2n) is 6.46. The molecule has 0 N–H and O–H groups in total. The third kappa shape index (κ3) is 3.12. The van der Waals surface area contributed by atoms with E-state index in [0.717, 1.165) is 33.8 Å². The van der Waals surface area contributed by atoms with Crippen LogP contribution < -0.4 is 0 Å². The minimum absolute atomic E-state index is 0.774. The molecule has 2 aromatic heterocycles. The summed E-state index contributed by atoms with van der Waals surface area (Å²) in [6, 6.07) is 25.1. The maximum absolute atomic E-state index is 5.34. The zero-order valence-electron chi connectivity index (χ0n) is 14.9. The zero-order valence-corrected chi connectivity index (χ0v) is 14.9. The maximum atomic E-state index is 5.34. The molecule has 28 heavy (non-hydrogen) atoms. The Kier molecular flexibility index (Phi) is 4.07. The molecule has 134 valence electrons. The van der Waals surface area contributed by atoms with Crippen LogP contribution in [-0.2, 0) is 0 Å². The van der Waals surface area contributed by atoms with Gasteiger partial charge >= 0.3 is 0 Å². The average Bonchev–Trinajstić information content (AvgIpc) is 3.49. The van der Waals surface area contributed by atoms with Crippen molar-refractivity contribution in [3.05, 3.63) is 98.0 Å². The molecular weight excluding hydrogens is 348 g/mol. The van der Waals surface area contributed by atoms with Crippen LogP contribution in [0.25, 0.3) is 44.9 Å². The van der Waals surface area contributed by atoms with E-state index in [0.29, 0.717) is 0 Å². The summed E-state index contributed by atoms with van der Waals surface area (Å²) in [7, 11) is 0. The van der Waals surface area contributed by atoms with Gasteiger partial charge in [-0.1, -0.05) is 72.8 Å². The van der Waals surface area contributed by atoms with Crippen molar-refractivity contribution in [3.63, 3.8) is 0 Å². The van der Waals surface area contributed by atoms with Crippen molar-refractivity contribution < 1.29 is 8.83 Å². The number of nitrogens with zero attached hydrogens (tertiary/aromatic N) is 2. The van der Waals surface area contributed by atoms with Gasteiger partial charge in [0.2, 0.25) is 0 Å². The fourth-order valence-corrected chi connectivity index (χ4v) is 3.23. The van der Waals surface area contributed by atoms with E-state index in [1.165, 1.54) is 23.9 Å². The molecule has 0 saturated carbocycles. The van der Waals surface area contributed by atoms with E-state index >= 15 is 0 Å². The first-order valence-corrected chi connectivity index (χ1v) is 8.95. The number of benzene rings is 3. The van der Waals surface area contributed by atoms with Gasteiger partial charge in [0.25, 0.3) is 0 Å². The molecular formula is C24H16N2O2. The predicted octanol–water partition coefficient (Wildman–Crippen LogP) is 6.33. The topological polar surface area (TPSA) is 52.1 Å². The summed E-state index contributed by atoms with van der Waals surface area (Å²) in [5, 5.41) is 0. The van der Waals surface area contributed by atoms with Crippen LogP contribution in [0.15, 0.2) is 107 Å². The lowest BCUT2D eigenvalue weighted by Crippen LogP contribution is -1.82. The molecule has 0 amide bonds. The Morgan fingerprint density at radius 1 is 0.393 bits per heavy atom. The van der Waals surface area contributed by atoms with Crippen LogP contribution in [0.5, 0.6) is 0 Å². The van der Waals surface area contributed by atoms with Crippen LogP contribution in [0, 0.1) is 0 Å². The van der Waals surface area contributed by atoms with Crippen LogP contribution in [0.1, 0.15) is 0 Å². The molecule has 5 rings (SSSR count). The highest BCUT2D eigenvalue weighted by Gasteiger charge is 2.05. The predicted molar refractivity (Wildman–Crippen MR) is 108 cm³/mol. The molecule has 0 spiro atoms. The number of rotatable bonds is 4. The number of hydrogen-bond donors (Lipinski definition) is 0. The van der Waals surface area contributed by atoms with Gasteiger partial charge in [0.1, 0.15) is 0 Å². The summed E-state index contributed by atoms with van der Waals surface area (Å²) in [4.78, 5) is 7.92. The summed E-state index contributed by atoms with van der Waals surface area (Å²) in [6.07, 6.45) is 6.33. The third-order valence-electron chi connectivity index (χ3n) is 4.76. The summed E-state index contributed by atoms with van der Waals surface area (Å²) < 4.78 is 10.7. The van der Waals surface area contributed by atoms with Crippen LogP contribution in [0.3, 0.4) is 0 Å². The smallest absolute Gasteiger partial charge is 0.181 e. The molecule has 2 heterocycles. The summed E-state index contributed by atoms with van der Waals surface area (Å²) >= 11 is 0. The highest BCUT2D eigenvalue weighted by molar-refractivity contribution is 5.73. The lowest BCUT2D eigenvalue weighted by atomic mass is 9.98. The summed E-state index contributed by atoms with van der Waals surface area (Å²) in [5.41, 5.74) is 6.71. The lowest BCUT2D eigenvalue weighted by Gasteiger charge is -2.06. The van der Waals surface area contributed by atoms with Gasteiger partial charge in [-0.3, -0.25) is 0 Å². The fraction of sp³-hybridized carbons (Fsp3) is 0. The molecule has 0 fully saturated rings. The standard InChI is InChI=1S/C24H16N2O2/c1-2-18(20-7-11-22(12-8-20)24-14-26-16-28-24)4-3-17(1)19-5-9-21(10-6-19)23-13-25-15-27-23/h1-16H. The van der Waals surface area contributed by atoms with Crippen LogP contribution in [-0.4, -0.2) is 9.97 Å². The van der Waals surface area contributed by atoms with Crippen molar-refractivity contribution in [3.8, 4) is 44.9 Å². The first-order valence-electron chi connectivity index (χ1n) is 8.95. The second kappa shape index (κ2) is 7.00. The Morgan fingerprint density at radius 2 is 0.679 bits per heavy atom. The van der Waals surface area contributed by atoms with E-state index in [2.05, 4.69) is 58.5 Å². The van der Waals surface area contributed by atoms with Gasteiger partial charge < -0.3 is 8.83 Å². The molecule has 0 aliphatic carbocycles. The summed E-state index contributed by atoms with van der Waals surface area (Å²) in [5.74, 6) is 1.55. The largest absolute Gasteiger partial charge is 0.444 e. The SMILES string of the molecule is c1ncc(-c2ccc(-c3ccc(-c4ccc(-c5cnco5)cc4)cc3)cc2)o1. The van der Waals surface area contributed by atoms with Gasteiger partial charge in [0.05, 0.1) is 12.4 Å². The Hall–Kier alpha value is -3.92. The van der Waals surface area contributed by atoms with Crippen LogP contribution in [0.4, 0.5) is 0 Å². The van der Waals surface area contributed by atoms with Crippen molar-refractivity contribution >= 4 is 0 Å². The van der Waals surface area contributed by atoms with Crippen molar-refractivity contribution in [1.29, 1.82) is 0 Å². The van der Waals surface area contributed by atoms with Crippen molar-refractivity contribution in [2.24, 2.45) is 0 Å². The molecule has 0 saturated heterocycles. The average molecular weight is 364 g/mol. The monoisotopic (exact) mass is 364 g/mol. The first kappa shape index (κ1) is 16.3. The van der Waals surface area contributed by atoms with E-state index in [9.17, 15) is 0 Å². The maximum Gasteiger partial charge on any atom is 0.181 e. The van der Waals surface area contributed by atoms with E-state index in [-0.39, 0.29) is 0 Å². The number of aromatic nitrogens is 2. The molecule has 0 bridgehead atoms. The number of hydrogen-bond acceptors (Lipinski definition) is 4. The Labute approximate surface area is 162 Å². The van der Waals surface area contributed by atoms with Gasteiger partial charge in [0, 0.05) is 11.1 Å². The number of oxazole rings is 2. The van der Waals surface area contributed by atoms with Gasteiger partial charge in [-0.15, -0.1) is 0 Å². The van der Waals surface area contributed by atoms with Crippen molar-refractivity contribution in [2.75, 3.05) is 0 Å². The molecule has 0 radical (unpaired) electrons. The molecule has 4 nitrogen and oxygen atoms in total. The quantitative estimate of drug-likeness (QED) is 0.374. The van der Waals surface area contributed by atoms with Crippen LogP contribution >= 0.6 is 0 Å². The lowest BCUT2D eigenvalue weighted by molar-refractivity contribution is 0.571. The highest BCUT2D eigenvalue weighted by atomic mass is 16.3.